The lowest BCUT2D eigenvalue weighted by Gasteiger charge is -2.14. The Morgan fingerprint density at radius 1 is 1.44 bits per heavy atom. The molecule has 94 valence electrons. The minimum atomic E-state index is -0.975. The van der Waals surface area contributed by atoms with Crippen molar-refractivity contribution in [3.8, 4) is 0 Å². The Kier molecular flexibility index (Phi) is 7.27. The lowest BCUT2D eigenvalue weighted by Crippen LogP contribution is -2.31. The fourth-order valence-electron chi connectivity index (χ4n) is 1.11. The van der Waals surface area contributed by atoms with Gasteiger partial charge in [-0.2, -0.15) is 0 Å². The molecule has 16 heavy (non-hydrogen) atoms. The van der Waals surface area contributed by atoms with Crippen LogP contribution in [0.15, 0.2) is 11.9 Å². The number of carboxylic acids is 1. The van der Waals surface area contributed by atoms with Gasteiger partial charge in [-0.25, -0.2) is 5.84 Å². The largest absolute Gasteiger partial charge is 0.480 e. The van der Waals surface area contributed by atoms with Crippen molar-refractivity contribution in [3.63, 3.8) is 0 Å². The summed E-state index contributed by atoms with van der Waals surface area (Å²) in [5.74, 6) is 4.63. The molecular weight excluding hydrogens is 210 g/mol. The number of aliphatic carboxylic acids is 1. The average molecular weight is 231 g/mol. The van der Waals surface area contributed by atoms with Gasteiger partial charge in [0.1, 0.15) is 6.04 Å². The molecule has 0 aromatic carbocycles. The van der Waals surface area contributed by atoms with Gasteiger partial charge in [-0.1, -0.05) is 0 Å². The van der Waals surface area contributed by atoms with Crippen molar-refractivity contribution in [2.45, 2.75) is 25.3 Å². The normalized spacial score (nSPS) is 13.6. The monoisotopic (exact) mass is 231 g/mol. The van der Waals surface area contributed by atoms with E-state index in [1.54, 1.807) is 6.20 Å². The molecule has 0 aliphatic heterocycles. The number of hydrogen-bond acceptors (Lipinski definition) is 6. The van der Waals surface area contributed by atoms with Crippen LogP contribution < -0.4 is 23.0 Å². The van der Waals surface area contributed by atoms with Crippen molar-refractivity contribution >= 4 is 5.97 Å². The summed E-state index contributed by atoms with van der Waals surface area (Å²) in [6.07, 6.45) is 3.47. The molecule has 0 saturated carbocycles. The number of hydrogen-bond donors (Lipinski definition) is 5. The first-order valence-corrected chi connectivity index (χ1v) is 5.13. The topological polar surface area (TPSA) is 145 Å². The molecule has 9 N–H and O–H groups in total. The zero-order valence-corrected chi connectivity index (χ0v) is 9.30. The van der Waals surface area contributed by atoms with E-state index in [1.165, 1.54) is 5.01 Å². The van der Waals surface area contributed by atoms with E-state index < -0.39 is 12.0 Å². The van der Waals surface area contributed by atoms with Crippen LogP contribution in [0.2, 0.25) is 0 Å². The van der Waals surface area contributed by atoms with Crippen LogP contribution in [-0.2, 0) is 4.79 Å². The third-order valence-corrected chi connectivity index (χ3v) is 2.07. The molecule has 0 aliphatic carbocycles. The highest BCUT2D eigenvalue weighted by Gasteiger charge is 2.10. The maximum atomic E-state index is 10.4. The van der Waals surface area contributed by atoms with Gasteiger partial charge in [0.25, 0.3) is 0 Å². The Morgan fingerprint density at radius 2 is 2.06 bits per heavy atom. The highest BCUT2D eigenvalue weighted by molar-refractivity contribution is 5.72. The average Bonchev–Trinajstić information content (AvgIpc) is 2.23. The standard InChI is InChI=1S/C9H21N5O2/c10-5-7(11)6-14(13)4-2-1-3-8(12)9(15)16/h6,8H,1-5,10-13H2,(H,15,16)/b7-6-. The van der Waals surface area contributed by atoms with E-state index in [-0.39, 0.29) is 6.54 Å². The summed E-state index contributed by atoms with van der Waals surface area (Å²) < 4.78 is 0. The number of carbonyl (C=O) groups is 1. The van der Waals surface area contributed by atoms with Gasteiger partial charge in [0.15, 0.2) is 0 Å². The molecule has 0 heterocycles. The molecular formula is C9H21N5O2. The summed E-state index contributed by atoms with van der Waals surface area (Å²) in [7, 11) is 0. The molecule has 1 unspecified atom stereocenters. The number of nitrogens with zero attached hydrogens (tertiary/aromatic N) is 1. The summed E-state index contributed by atoms with van der Waals surface area (Å²) in [5, 5.41) is 9.98. The predicted octanol–water partition coefficient (Wildman–Crippen LogP) is -1.50. The molecule has 0 rings (SSSR count). The number of nitrogens with two attached hydrogens (primary N) is 4. The predicted molar refractivity (Wildman–Crippen MR) is 61.7 cm³/mol. The van der Waals surface area contributed by atoms with Gasteiger partial charge in [0, 0.05) is 25.0 Å². The molecule has 0 spiro atoms. The molecule has 0 aliphatic rings. The molecule has 0 amide bonds. The number of rotatable bonds is 8. The van der Waals surface area contributed by atoms with Crippen molar-refractivity contribution in [1.29, 1.82) is 0 Å². The lowest BCUT2D eigenvalue weighted by molar-refractivity contribution is -0.138. The summed E-state index contributed by atoms with van der Waals surface area (Å²) in [6.45, 7) is 0.852. The van der Waals surface area contributed by atoms with E-state index in [0.717, 1.165) is 6.42 Å². The van der Waals surface area contributed by atoms with Crippen LogP contribution in [0.3, 0.4) is 0 Å². The van der Waals surface area contributed by atoms with Crippen LogP contribution in [0, 0.1) is 0 Å². The van der Waals surface area contributed by atoms with Gasteiger partial charge < -0.3 is 27.3 Å². The van der Waals surface area contributed by atoms with Crippen molar-refractivity contribution < 1.29 is 9.90 Å². The van der Waals surface area contributed by atoms with E-state index in [1.807, 2.05) is 0 Å². The quantitative estimate of drug-likeness (QED) is 0.194. The number of hydrazine groups is 1. The molecule has 0 aromatic rings. The Labute approximate surface area is 95.0 Å². The van der Waals surface area contributed by atoms with Crippen molar-refractivity contribution in [3.05, 3.63) is 11.9 Å². The number of carboxylic acid groups (broad SMARTS) is 1. The van der Waals surface area contributed by atoms with Crippen molar-refractivity contribution in [1.82, 2.24) is 5.01 Å². The SMILES string of the molecule is NC/C(N)=C/N(N)CCCCC(N)C(=O)O. The Morgan fingerprint density at radius 3 is 2.56 bits per heavy atom. The Balaban J connectivity index is 3.63. The van der Waals surface area contributed by atoms with Crippen LogP contribution in [-0.4, -0.2) is 35.2 Å². The van der Waals surface area contributed by atoms with Crippen LogP contribution in [0.4, 0.5) is 0 Å². The van der Waals surface area contributed by atoms with Gasteiger partial charge in [0.05, 0.1) is 0 Å². The number of unbranched alkanes of at least 4 members (excludes halogenated alkanes) is 1. The molecule has 0 radical (unpaired) electrons. The Hall–Kier alpha value is -1.31. The Bertz CT molecular complexity index is 244. The summed E-state index contributed by atoms with van der Waals surface area (Å²) in [4.78, 5) is 10.4. The lowest BCUT2D eigenvalue weighted by atomic mass is 10.1. The van der Waals surface area contributed by atoms with Gasteiger partial charge in [0.2, 0.25) is 0 Å². The van der Waals surface area contributed by atoms with Gasteiger partial charge in [-0.3, -0.25) is 4.79 Å². The first-order chi connectivity index (χ1) is 7.47. The second-order valence-electron chi connectivity index (χ2n) is 3.59. The van der Waals surface area contributed by atoms with E-state index in [9.17, 15) is 4.79 Å². The summed E-state index contributed by atoms with van der Waals surface area (Å²) in [5.41, 5.74) is 16.6. The second kappa shape index (κ2) is 7.91. The summed E-state index contributed by atoms with van der Waals surface area (Å²) >= 11 is 0. The minimum absolute atomic E-state index is 0.261. The smallest absolute Gasteiger partial charge is 0.320 e. The highest BCUT2D eigenvalue weighted by Crippen LogP contribution is 2.00. The van der Waals surface area contributed by atoms with Crippen molar-refractivity contribution in [2.75, 3.05) is 13.1 Å². The second-order valence-corrected chi connectivity index (χ2v) is 3.59. The van der Waals surface area contributed by atoms with E-state index in [2.05, 4.69) is 0 Å². The zero-order chi connectivity index (χ0) is 12.6. The molecule has 0 fully saturated rings. The molecule has 7 heteroatoms. The third-order valence-electron chi connectivity index (χ3n) is 2.07. The van der Waals surface area contributed by atoms with Crippen LogP contribution >= 0.6 is 0 Å². The van der Waals surface area contributed by atoms with Gasteiger partial charge in [-0.15, -0.1) is 0 Å². The van der Waals surface area contributed by atoms with E-state index in [4.69, 9.17) is 28.2 Å². The molecule has 0 saturated heterocycles. The van der Waals surface area contributed by atoms with Crippen LogP contribution in [0.25, 0.3) is 0 Å². The molecule has 0 aromatic heterocycles. The molecule has 1 atom stereocenters. The fraction of sp³-hybridized carbons (Fsp3) is 0.667. The van der Waals surface area contributed by atoms with E-state index in [0.29, 0.717) is 25.1 Å². The molecule has 7 nitrogen and oxygen atoms in total. The highest BCUT2D eigenvalue weighted by atomic mass is 16.4. The maximum absolute atomic E-state index is 10.4. The van der Waals surface area contributed by atoms with Crippen molar-refractivity contribution in [2.24, 2.45) is 23.0 Å². The van der Waals surface area contributed by atoms with Crippen LogP contribution in [0.5, 0.6) is 0 Å². The minimum Gasteiger partial charge on any atom is -0.480 e. The first kappa shape index (κ1) is 14.7. The van der Waals surface area contributed by atoms with Gasteiger partial charge in [-0.05, 0) is 19.3 Å². The first-order valence-electron chi connectivity index (χ1n) is 5.13. The fourth-order valence-corrected chi connectivity index (χ4v) is 1.11. The molecule has 0 bridgehead atoms. The van der Waals surface area contributed by atoms with E-state index >= 15 is 0 Å². The zero-order valence-electron chi connectivity index (χ0n) is 9.30. The maximum Gasteiger partial charge on any atom is 0.320 e. The summed E-state index contributed by atoms with van der Waals surface area (Å²) in [6, 6.07) is -0.795. The third kappa shape index (κ3) is 7.04. The van der Waals surface area contributed by atoms with Crippen LogP contribution in [0.1, 0.15) is 19.3 Å². The van der Waals surface area contributed by atoms with Gasteiger partial charge >= 0.3 is 5.97 Å².